The van der Waals surface area contributed by atoms with E-state index in [9.17, 15) is 14.4 Å². The van der Waals surface area contributed by atoms with Crippen LogP contribution in [0, 0.1) is 0 Å². The van der Waals surface area contributed by atoms with Crippen LogP contribution in [0.2, 0.25) is 0 Å². The van der Waals surface area contributed by atoms with E-state index >= 15 is 0 Å². The molecule has 2 N–H and O–H groups in total. The molecule has 1 aromatic rings. The Bertz CT molecular complexity index is 681. The van der Waals surface area contributed by atoms with Crippen LogP contribution >= 0.6 is 0 Å². The monoisotopic (exact) mass is 361 g/mol. The highest BCUT2D eigenvalue weighted by Gasteiger charge is 2.46. The van der Waals surface area contributed by atoms with Gasteiger partial charge in [-0.2, -0.15) is 0 Å². The van der Waals surface area contributed by atoms with Crippen molar-refractivity contribution in [2.75, 3.05) is 44.2 Å². The molecule has 0 radical (unpaired) electrons. The van der Waals surface area contributed by atoms with E-state index in [1.807, 2.05) is 0 Å². The van der Waals surface area contributed by atoms with E-state index in [0.717, 1.165) is 32.7 Å². The number of hydrogen-bond acceptors (Lipinski definition) is 4. The number of ether oxygens (including phenoxy) is 1. The fraction of sp³-hybridized carbons (Fsp3) is 0.526. The standard InChI is InChI=1S/C19H25N3O4/c1-3-20-9-11-21(12-10-20)16-13-17(23)22(18(16)24)15-7-5-14(6-8-15)19(25)26-4-2/h5-8,16H,3-4,9-13H2,1-2H3/p+2/t16-/m0/s1. The molecule has 7 heteroatoms. The molecule has 0 aliphatic carbocycles. The van der Waals surface area contributed by atoms with Gasteiger partial charge in [0.1, 0.15) is 26.2 Å². The quantitative estimate of drug-likeness (QED) is 0.484. The summed E-state index contributed by atoms with van der Waals surface area (Å²) in [4.78, 5) is 41.1. The molecule has 0 aromatic heterocycles. The third kappa shape index (κ3) is 3.64. The van der Waals surface area contributed by atoms with Crippen molar-refractivity contribution in [2.24, 2.45) is 0 Å². The van der Waals surface area contributed by atoms with E-state index in [1.54, 1.807) is 36.1 Å². The van der Waals surface area contributed by atoms with Crippen molar-refractivity contribution >= 4 is 23.5 Å². The van der Waals surface area contributed by atoms with Crippen molar-refractivity contribution in [3.8, 4) is 0 Å². The maximum atomic E-state index is 12.9. The molecule has 0 bridgehead atoms. The van der Waals surface area contributed by atoms with Gasteiger partial charge in [-0.05, 0) is 38.1 Å². The second kappa shape index (κ2) is 7.97. The molecule has 1 atom stereocenters. The highest BCUT2D eigenvalue weighted by Crippen LogP contribution is 2.22. The Morgan fingerprint density at radius 2 is 1.77 bits per heavy atom. The van der Waals surface area contributed by atoms with Crippen LogP contribution in [0.1, 0.15) is 30.6 Å². The van der Waals surface area contributed by atoms with Crippen LogP contribution in [0.4, 0.5) is 5.69 Å². The Morgan fingerprint density at radius 1 is 1.12 bits per heavy atom. The lowest BCUT2D eigenvalue weighted by molar-refractivity contribution is -1.02. The zero-order chi connectivity index (χ0) is 18.7. The van der Waals surface area contributed by atoms with Crippen LogP contribution in [0.25, 0.3) is 0 Å². The third-order valence-corrected chi connectivity index (χ3v) is 5.38. The van der Waals surface area contributed by atoms with Gasteiger partial charge in [0.05, 0.1) is 30.8 Å². The van der Waals surface area contributed by atoms with Gasteiger partial charge >= 0.3 is 5.97 Å². The summed E-state index contributed by atoms with van der Waals surface area (Å²) in [6.45, 7) is 9.25. The lowest BCUT2D eigenvalue weighted by Gasteiger charge is -2.31. The number of nitrogens with zero attached hydrogens (tertiary/aromatic N) is 1. The molecule has 26 heavy (non-hydrogen) atoms. The van der Waals surface area contributed by atoms with Crippen LogP contribution in [0.15, 0.2) is 24.3 Å². The molecule has 2 heterocycles. The van der Waals surface area contributed by atoms with E-state index in [1.165, 1.54) is 9.80 Å². The minimum Gasteiger partial charge on any atom is -0.462 e. The number of carbonyl (C=O) groups excluding carboxylic acids is 3. The Morgan fingerprint density at radius 3 is 2.35 bits per heavy atom. The zero-order valence-corrected chi connectivity index (χ0v) is 15.4. The number of imide groups is 1. The summed E-state index contributed by atoms with van der Waals surface area (Å²) in [5, 5.41) is 0. The molecule has 2 fully saturated rings. The molecule has 140 valence electrons. The second-order valence-corrected chi connectivity index (χ2v) is 6.85. The first-order valence-corrected chi connectivity index (χ1v) is 9.37. The van der Waals surface area contributed by atoms with Gasteiger partial charge in [0.25, 0.3) is 5.91 Å². The highest BCUT2D eigenvalue weighted by molar-refractivity contribution is 6.21. The predicted octanol–water partition coefficient (Wildman–Crippen LogP) is -1.70. The second-order valence-electron chi connectivity index (χ2n) is 6.85. The summed E-state index contributed by atoms with van der Waals surface area (Å²) in [6, 6.07) is 6.18. The maximum absolute atomic E-state index is 12.9. The summed E-state index contributed by atoms with van der Waals surface area (Å²) in [5.74, 6) is -0.702. The molecule has 7 nitrogen and oxygen atoms in total. The number of anilines is 1. The molecular formula is C19H27N3O4+2. The summed E-state index contributed by atoms with van der Waals surface area (Å²) in [6.07, 6.45) is 0.259. The fourth-order valence-electron chi connectivity index (χ4n) is 3.81. The number of esters is 1. The predicted molar refractivity (Wildman–Crippen MR) is 95.2 cm³/mol. The van der Waals surface area contributed by atoms with Crippen LogP contribution in [-0.4, -0.2) is 63.2 Å². The molecule has 2 aliphatic heterocycles. The maximum Gasteiger partial charge on any atom is 0.338 e. The van der Waals surface area contributed by atoms with Crippen LogP contribution in [0.3, 0.4) is 0 Å². The Kier molecular flexibility index (Phi) is 5.68. The first kappa shape index (κ1) is 18.5. The normalized spacial score (nSPS) is 26.2. The van der Waals surface area contributed by atoms with Gasteiger partial charge in [-0.1, -0.05) is 0 Å². The minimum absolute atomic E-state index is 0.131. The van der Waals surface area contributed by atoms with Crippen LogP contribution in [0.5, 0.6) is 0 Å². The van der Waals surface area contributed by atoms with E-state index in [-0.39, 0.29) is 24.3 Å². The molecule has 2 saturated heterocycles. The lowest BCUT2D eigenvalue weighted by atomic mass is 10.1. The fourth-order valence-corrected chi connectivity index (χ4v) is 3.81. The number of benzene rings is 1. The number of carbonyl (C=O) groups is 3. The molecule has 3 rings (SSSR count). The van der Waals surface area contributed by atoms with E-state index in [0.29, 0.717) is 17.9 Å². The van der Waals surface area contributed by atoms with Crippen molar-refractivity contribution in [1.29, 1.82) is 0 Å². The average Bonchev–Trinajstić information content (AvgIpc) is 2.96. The van der Waals surface area contributed by atoms with Crippen LogP contribution in [-0.2, 0) is 14.3 Å². The summed E-state index contributed by atoms with van der Waals surface area (Å²) >= 11 is 0. The highest BCUT2D eigenvalue weighted by atomic mass is 16.5. The average molecular weight is 361 g/mol. The van der Waals surface area contributed by atoms with E-state index < -0.39 is 5.97 Å². The van der Waals surface area contributed by atoms with E-state index in [2.05, 4.69) is 6.92 Å². The molecule has 2 amide bonds. The van der Waals surface area contributed by atoms with Crippen molar-refractivity contribution in [3.05, 3.63) is 29.8 Å². The van der Waals surface area contributed by atoms with Gasteiger partial charge < -0.3 is 14.5 Å². The molecule has 1 aromatic carbocycles. The first-order valence-electron chi connectivity index (χ1n) is 9.37. The van der Waals surface area contributed by atoms with Gasteiger partial charge in [0, 0.05) is 0 Å². The van der Waals surface area contributed by atoms with E-state index in [4.69, 9.17) is 4.74 Å². The van der Waals surface area contributed by atoms with Crippen molar-refractivity contribution in [1.82, 2.24) is 0 Å². The Labute approximate surface area is 153 Å². The summed E-state index contributed by atoms with van der Waals surface area (Å²) < 4.78 is 4.96. The number of quaternary nitrogens is 2. The van der Waals surface area contributed by atoms with Gasteiger partial charge in [0.2, 0.25) is 5.91 Å². The Balaban J connectivity index is 1.70. The topological polar surface area (TPSA) is 72.6 Å². The SMILES string of the molecule is CCOC(=O)c1ccc(N2C(=O)C[C@H]([NH+]3CC[NH+](CC)CC3)C2=O)cc1. The number of likely N-dealkylation sites (N-methyl/N-ethyl adjacent to an activating group) is 1. The van der Waals surface area contributed by atoms with Crippen molar-refractivity contribution in [3.63, 3.8) is 0 Å². The number of rotatable bonds is 5. The molecule has 0 unspecified atom stereocenters. The van der Waals surface area contributed by atoms with Gasteiger partial charge in [-0.3, -0.25) is 9.59 Å². The van der Waals surface area contributed by atoms with Crippen LogP contribution < -0.4 is 14.7 Å². The molecular weight excluding hydrogens is 334 g/mol. The zero-order valence-electron chi connectivity index (χ0n) is 15.4. The number of piperazine rings is 1. The summed E-state index contributed by atoms with van der Waals surface area (Å²) in [5.41, 5.74) is 0.934. The summed E-state index contributed by atoms with van der Waals surface area (Å²) in [7, 11) is 0. The third-order valence-electron chi connectivity index (χ3n) is 5.38. The first-order chi connectivity index (χ1) is 12.5. The van der Waals surface area contributed by atoms with Crippen molar-refractivity contribution in [2.45, 2.75) is 26.3 Å². The molecule has 0 spiro atoms. The molecule has 2 aliphatic rings. The van der Waals surface area contributed by atoms with Crippen molar-refractivity contribution < 1.29 is 28.9 Å². The number of amides is 2. The smallest absolute Gasteiger partial charge is 0.338 e. The van der Waals surface area contributed by atoms with Gasteiger partial charge in [-0.15, -0.1) is 0 Å². The Hall–Kier alpha value is -2.25. The van der Waals surface area contributed by atoms with Gasteiger partial charge in [0.15, 0.2) is 6.04 Å². The minimum atomic E-state index is -0.406. The molecule has 0 saturated carbocycles. The lowest BCUT2D eigenvalue weighted by Crippen LogP contribution is -3.29. The number of nitrogens with one attached hydrogen (secondary N) is 2. The van der Waals surface area contributed by atoms with Gasteiger partial charge in [-0.25, -0.2) is 9.69 Å². The largest absolute Gasteiger partial charge is 0.462 e. The number of hydrogen-bond donors (Lipinski definition) is 2.